The summed E-state index contributed by atoms with van der Waals surface area (Å²) in [6.07, 6.45) is -2.93. The molecule has 0 amide bonds. The van der Waals surface area contributed by atoms with Crippen LogP contribution in [0.4, 0.5) is 19.0 Å². The number of aromatic nitrogens is 1. The highest BCUT2D eigenvalue weighted by molar-refractivity contribution is 9.10. The molecule has 16 heavy (non-hydrogen) atoms. The van der Waals surface area contributed by atoms with Crippen LogP contribution in [0.3, 0.4) is 0 Å². The molecule has 7 heteroatoms. The molecule has 0 saturated heterocycles. The Labute approximate surface area is 105 Å². The van der Waals surface area contributed by atoms with Gasteiger partial charge in [0.1, 0.15) is 12.4 Å². The summed E-state index contributed by atoms with van der Waals surface area (Å²) in [7, 11) is 0. The molecule has 1 heterocycles. The van der Waals surface area contributed by atoms with Crippen molar-refractivity contribution in [2.45, 2.75) is 13.1 Å². The van der Waals surface area contributed by atoms with E-state index in [0.717, 1.165) is 4.90 Å². The molecule has 0 aliphatic carbocycles. The molecular weight excluding hydrogens is 308 g/mol. The number of pyridine rings is 1. The van der Waals surface area contributed by atoms with Gasteiger partial charge in [0.05, 0.1) is 9.50 Å². The maximum atomic E-state index is 12.3. The second kappa shape index (κ2) is 5.23. The number of halogens is 5. The van der Waals surface area contributed by atoms with E-state index in [0.29, 0.717) is 9.50 Å². The van der Waals surface area contributed by atoms with Crippen molar-refractivity contribution in [3.05, 3.63) is 21.8 Å². The maximum absolute atomic E-state index is 12.3. The number of alkyl halides is 3. The minimum absolute atomic E-state index is 0.215. The van der Waals surface area contributed by atoms with Crippen LogP contribution in [0.15, 0.2) is 16.7 Å². The lowest BCUT2D eigenvalue weighted by atomic mass is 10.4. The number of rotatable bonds is 3. The van der Waals surface area contributed by atoms with E-state index < -0.39 is 12.7 Å². The molecule has 0 aliphatic heterocycles. The molecule has 0 saturated carbocycles. The lowest BCUT2D eigenvalue weighted by Gasteiger charge is -2.24. The quantitative estimate of drug-likeness (QED) is 0.841. The Morgan fingerprint density at radius 1 is 1.50 bits per heavy atom. The molecule has 0 spiro atoms. The van der Waals surface area contributed by atoms with Gasteiger partial charge in [-0.15, -0.1) is 0 Å². The van der Waals surface area contributed by atoms with Gasteiger partial charge in [-0.05, 0) is 28.9 Å². The van der Waals surface area contributed by atoms with Gasteiger partial charge in [0.25, 0.3) is 0 Å². The third-order valence-electron chi connectivity index (χ3n) is 1.84. The second-order valence-electron chi connectivity index (χ2n) is 3.09. The van der Waals surface area contributed by atoms with E-state index in [1.165, 1.54) is 12.3 Å². The summed E-state index contributed by atoms with van der Waals surface area (Å²) in [5, 5.41) is 0.374. The molecule has 0 unspecified atom stereocenters. The number of hydrogen-bond donors (Lipinski definition) is 0. The van der Waals surface area contributed by atoms with Crippen LogP contribution in [-0.4, -0.2) is 24.2 Å². The van der Waals surface area contributed by atoms with E-state index in [9.17, 15) is 13.2 Å². The van der Waals surface area contributed by atoms with E-state index in [2.05, 4.69) is 20.9 Å². The molecule has 0 N–H and O–H groups in total. The zero-order valence-electron chi connectivity index (χ0n) is 8.35. The Hall–Kier alpha value is -0.490. The van der Waals surface area contributed by atoms with Gasteiger partial charge in [0, 0.05) is 12.7 Å². The SMILES string of the molecule is CCN(CC(F)(F)F)c1ncc(Cl)cc1Br. The third kappa shape index (κ3) is 3.83. The van der Waals surface area contributed by atoms with Crippen molar-refractivity contribution in [1.82, 2.24) is 4.98 Å². The minimum Gasteiger partial charge on any atom is -0.347 e. The molecule has 0 aromatic carbocycles. The standard InChI is InChI=1S/C9H9BrClF3N2/c1-2-16(5-9(12,13)14)8-7(10)3-6(11)4-15-8/h3-4H,2,5H2,1H3. The predicted molar refractivity (Wildman–Crippen MR) is 60.9 cm³/mol. The topological polar surface area (TPSA) is 16.1 Å². The third-order valence-corrected chi connectivity index (χ3v) is 2.63. The van der Waals surface area contributed by atoms with E-state index >= 15 is 0 Å². The zero-order chi connectivity index (χ0) is 12.3. The summed E-state index contributed by atoms with van der Waals surface area (Å²) in [6.45, 7) is 0.817. The van der Waals surface area contributed by atoms with Crippen LogP contribution in [0.2, 0.25) is 5.02 Å². The summed E-state index contributed by atoms with van der Waals surface area (Å²) in [5.74, 6) is 0.240. The monoisotopic (exact) mass is 316 g/mol. The molecule has 90 valence electrons. The minimum atomic E-state index is -4.25. The Kier molecular flexibility index (Phi) is 4.43. The van der Waals surface area contributed by atoms with E-state index in [4.69, 9.17) is 11.6 Å². The lowest BCUT2D eigenvalue weighted by Crippen LogP contribution is -2.34. The first-order chi connectivity index (χ1) is 7.33. The first kappa shape index (κ1) is 13.6. The Morgan fingerprint density at radius 2 is 2.12 bits per heavy atom. The molecule has 2 nitrogen and oxygen atoms in total. The fourth-order valence-electron chi connectivity index (χ4n) is 1.19. The molecule has 0 fully saturated rings. The van der Waals surface area contributed by atoms with Crippen LogP contribution in [0.25, 0.3) is 0 Å². The molecule has 0 aliphatic rings. The van der Waals surface area contributed by atoms with E-state index in [-0.39, 0.29) is 12.4 Å². The average molecular weight is 318 g/mol. The lowest BCUT2D eigenvalue weighted by molar-refractivity contribution is -0.119. The molecule has 0 atom stereocenters. The summed E-state index contributed by atoms with van der Waals surface area (Å²) in [4.78, 5) is 5.01. The molecule has 0 radical (unpaired) electrons. The van der Waals surface area contributed by atoms with E-state index in [1.807, 2.05) is 0 Å². The van der Waals surface area contributed by atoms with E-state index in [1.54, 1.807) is 6.92 Å². The van der Waals surface area contributed by atoms with Gasteiger partial charge in [0.15, 0.2) is 0 Å². The second-order valence-corrected chi connectivity index (χ2v) is 4.38. The highest BCUT2D eigenvalue weighted by Gasteiger charge is 2.31. The molecule has 0 bridgehead atoms. The Balaban J connectivity index is 2.95. The van der Waals surface area contributed by atoms with Gasteiger partial charge in [0.2, 0.25) is 0 Å². The summed E-state index contributed by atoms with van der Waals surface area (Å²) in [5.41, 5.74) is 0. The fraction of sp³-hybridized carbons (Fsp3) is 0.444. The van der Waals surface area contributed by atoms with Crippen molar-refractivity contribution in [3.63, 3.8) is 0 Å². The molecule has 1 aromatic rings. The molecule has 1 rings (SSSR count). The van der Waals surface area contributed by atoms with Crippen LogP contribution in [0, 0.1) is 0 Å². The number of hydrogen-bond acceptors (Lipinski definition) is 2. The molecular formula is C9H9BrClF3N2. The van der Waals surface area contributed by atoms with Gasteiger partial charge >= 0.3 is 6.18 Å². The van der Waals surface area contributed by atoms with Crippen molar-refractivity contribution in [1.29, 1.82) is 0 Å². The zero-order valence-corrected chi connectivity index (χ0v) is 10.7. The van der Waals surface area contributed by atoms with Crippen LogP contribution >= 0.6 is 27.5 Å². The summed E-state index contributed by atoms with van der Waals surface area (Å²) in [6, 6.07) is 1.52. The van der Waals surface area contributed by atoms with Gasteiger partial charge in [-0.3, -0.25) is 0 Å². The normalized spacial score (nSPS) is 11.6. The van der Waals surface area contributed by atoms with Gasteiger partial charge in [-0.25, -0.2) is 4.98 Å². The number of anilines is 1. The highest BCUT2D eigenvalue weighted by atomic mass is 79.9. The van der Waals surface area contributed by atoms with Crippen molar-refractivity contribution in [2.24, 2.45) is 0 Å². The van der Waals surface area contributed by atoms with Gasteiger partial charge < -0.3 is 4.90 Å². The van der Waals surface area contributed by atoms with Gasteiger partial charge in [-0.2, -0.15) is 13.2 Å². The van der Waals surface area contributed by atoms with Crippen LogP contribution < -0.4 is 4.90 Å². The van der Waals surface area contributed by atoms with Crippen molar-refractivity contribution < 1.29 is 13.2 Å². The first-order valence-corrected chi connectivity index (χ1v) is 5.63. The van der Waals surface area contributed by atoms with Crippen molar-refractivity contribution in [3.8, 4) is 0 Å². The Morgan fingerprint density at radius 3 is 2.56 bits per heavy atom. The molecule has 1 aromatic heterocycles. The summed E-state index contributed by atoms with van der Waals surface area (Å²) >= 11 is 8.80. The van der Waals surface area contributed by atoms with Crippen molar-refractivity contribution >= 4 is 33.3 Å². The van der Waals surface area contributed by atoms with Gasteiger partial charge in [-0.1, -0.05) is 11.6 Å². The number of nitrogens with zero attached hydrogens (tertiary/aromatic N) is 2. The first-order valence-electron chi connectivity index (χ1n) is 4.46. The summed E-state index contributed by atoms with van der Waals surface area (Å²) < 4.78 is 37.3. The largest absolute Gasteiger partial charge is 0.405 e. The Bertz CT molecular complexity index is 370. The average Bonchev–Trinajstić information content (AvgIpc) is 2.13. The highest BCUT2D eigenvalue weighted by Crippen LogP contribution is 2.28. The van der Waals surface area contributed by atoms with Crippen LogP contribution in [0.1, 0.15) is 6.92 Å². The smallest absolute Gasteiger partial charge is 0.347 e. The maximum Gasteiger partial charge on any atom is 0.405 e. The van der Waals surface area contributed by atoms with Crippen LogP contribution in [-0.2, 0) is 0 Å². The predicted octanol–water partition coefficient (Wildman–Crippen LogP) is 3.89. The van der Waals surface area contributed by atoms with Crippen molar-refractivity contribution in [2.75, 3.05) is 18.0 Å². The van der Waals surface area contributed by atoms with Crippen LogP contribution in [0.5, 0.6) is 0 Å². The fourth-order valence-corrected chi connectivity index (χ4v) is 2.08.